The molecular weight excluding hydrogens is 442 g/mol. The number of aromatic nitrogens is 3. The van der Waals surface area contributed by atoms with E-state index in [-0.39, 0.29) is 23.4 Å². The number of nitriles is 1. The molecule has 35 heavy (non-hydrogen) atoms. The molecule has 4 aromatic rings. The Labute approximate surface area is 202 Å². The molecule has 0 spiro atoms. The van der Waals surface area contributed by atoms with Gasteiger partial charge in [-0.15, -0.1) is 0 Å². The van der Waals surface area contributed by atoms with Gasteiger partial charge in [0.25, 0.3) is 11.5 Å². The number of rotatable bonds is 7. The molecule has 2 heterocycles. The number of hydrogen-bond donors (Lipinski definition) is 1. The SMILES string of the molecule is Cc1c(NC(=O)/C(C#N)=C/c2ccccc2OCc2cccnc2)c(=O)n(-c2ccccc2)n1C. The van der Waals surface area contributed by atoms with Gasteiger partial charge < -0.3 is 10.1 Å². The van der Waals surface area contributed by atoms with Gasteiger partial charge in [-0.25, -0.2) is 4.68 Å². The summed E-state index contributed by atoms with van der Waals surface area (Å²) >= 11 is 0. The fraction of sp³-hybridized carbons (Fsp3) is 0.111. The first-order chi connectivity index (χ1) is 17.0. The molecule has 2 aromatic carbocycles. The van der Waals surface area contributed by atoms with E-state index in [2.05, 4.69) is 10.3 Å². The molecule has 174 valence electrons. The summed E-state index contributed by atoms with van der Waals surface area (Å²) in [6.07, 6.45) is 4.83. The molecule has 0 radical (unpaired) electrons. The van der Waals surface area contributed by atoms with E-state index in [1.165, 1.54) is 10.8 Å². The van der Waals surface area contributed by atoms with Crippen molar-refractivity contribution in [1.82, 2.24) is 14.3 Å². The van der Waals surface area contributed by atoms with Crippen molar-refractivity contribution in [1.29, 1.82) is 5.26 Å². The third kappa shape index (κ3) is 5.04. The van der Waals surface area contributed by atoms with Crippen molar-refractivity contribution >= 4 is 17.7 Å². The maximum absolute atomic E-state index is 13.1. The molecule has 0 saturated carbocycles. The fourth-order valence-corrected chi connectivity index (χ4v) is 3.57. The van der Waals surface area contributed by atoms with Crippen LogP contribution in [-0.4, -0.2) is 20.3 Å². The summed E-state index contributed by atoms with van der Waals surface area (Å²) in [7, 11) is 1.73. The van der Waals surface area contributed by atoms with Crippen molar-refractivity contribution in [2.45, 2.75) is 13.5 Å². The lowest BCUT2D eigenvalue weighted by molar-refractivity contribution is -0.112. The molecule has 0 aliphatic carbocycles. The molecule has 0 aliphatic heterocycles. The Morgan fingerprint density at radius 1 is 1.11 bits per heavy atom. The van der Waals surface area contributed by atoms with Crippen molar-refractivity contribution in [2.24, 2.45) is 7.05 Å². The van der Waals surface area contributed by atoms with Crippen molar-refractivity contribution in [2.75, 3.05) is 5.32 Å². The zero-order valence-electron chi connectivity index (χ0n) is 19.3. The summed E-state index contributed by atoms with van der Waals surface area (Å²) in [6, 6.07) is 21.9. The second-order valence-corrected chi connectivity index (χ2v) is 7.75. The molecule has 0 bridgehead atoms. The number of benzene rings is 2. The molecule has 8 heteroatoms. The number of para-hydroxylation sites is 2. The maximum atomic E-state index is 13.1. The Kier molecular flexibility index (Phi) is 6.88. The van der Waals surface area contributed by atoms with Gasteiger partial charge in [0, 0.05) is 30.6 Å². The van der Waals surface area contributed by atoms with Crippen LogP contribution in [0.3, 0.4) is 0 Å². The van der Waals surface area contributed by atoms with Gasteiger partial charge >= 0.3 is 0 Å². The Morgan fingerprint density at radius 3 is 2.57 bits per heavy atom. The molecular formula is C27H23N5O3. The van der Waals surface area contributed by atoms with E-state index in [0.29, 0.717) is 22.7 Å². The summed E-state index contributed by atoms with van der Waals surface area (Å²) in [4.78, 5) is 30.2. The lowest BCUT2D eigenvalue weighted by atomic mass is 10.1. The highest BCUT2D eigenvalue weighted by Crippen LogP contribution is 2.23. The van der Waals surface area contributed by atoms with Gasteiger partial charge in [-0.2, -0.15) is 5.26 Å². The molecule has 4 rings (SSSR count). The van der Waals surface area contributed by atoms with Crippen molar-refractivity contribution in [3.8, 4) is 17.5 Å². The molecule has 8 nitrogen and oxygen atoms in total. The van der Waals surface area contributed by atoms with E-state index in [0.717, 1.165) is 5.56 Å². The lowest BCUT2D eigenvalue weighted by Gasteiger charge is -2.09. The summed E-state index contributed by atoms with van der Waals surface area (Å²) in [6.45, 7) is 2.02. The van der Waals surface area contributed by atoms with Crippen LogP contribution < -0.4 is 15.6 Å². The summed E-state index contributed by atoms with van der Waals surface area (Å²) < 4.78 is 9.01. The highest BCUT2D eigenvalue weighted by molar-refractivity contribution is 6.10. The van der Waals surface area contributed by atoms with Crippen LogP contribution in [-0.2, 0) is 18.4 Å². The molecule has 0 unspecified atom stereocenters. The topological polar surface area (TPSA) is 102 Å². The first-order valence-corrected chi connectivity index (χ1v) is 10.9. The van der Waals surface area contributed by atoms with E-state index < -0.39 is 5.91 Å². The largest absolute Gasteiger partial charge is 0.488 e. The highest BCUT2D eigenvalue weighted by Gasteiger charge is 2.20. The number of hydrogen-bond acceptors (Lipinski definition) is 5. The van der Waals surface area contributed by atoms with E-state index in [1.54, 1.807) is 67.4 Å². The summed E-state index contributed by atoms with van der Waals surface area (Å²) in [5, 5.41) is 12.3. The molecule has 2 aromatic heterocycles. The average molecular weight is 466 g/mol. The summed E-state index contributed by atoms with van der Waals surface area (Å²) in [5.74, 6) is -0.167. The molecule has 0 saturated heterocycles. The second-order valence-electron chi connectivity index (χ2n) is 7.75. The van der Waals surface area contributed by atoms with Crippen LogP contribution in [0, 0.1) is 18.3 Å². The first kappa shape index (κ1) is 23.3. The Bertz CT molecular complexity index is 1480. The van der Waals surface area contributed by atoms with Crippen LogP contribution >= 0.6 is 0 Å². The minimum absolute atomic E-state index is 0.114. The van der Waals surface area contributed by atoms with E-state index in [9.17, 15) is 14.9 Å². The number of nitrogens with zero attached hydrogens (tertiary/aromatic N) is 4. The van der Waals surface area contributed by atoms with Gasteiger partial charge in [0.05, 0.1) is 11.4 Å². The number of carbonyl (C=O) groups is 1. The molecule has 1 N–H and O–H groups in total. The van der Waals surface area contributed by atoms with Gasteiger partial charge in [-0.1, -0.05) is 42.5 Å². The number of pyridine rings is 1. The Balaban J connectivity index is 1.60. The monoisotopic (exact) mass is 465 g/mol. The van der Waals surface area contributed by atoms with Crippen LogP contribution in [0.25, 0.3) is 11.8 Å². The third-order valence-corrected chi connectivity index (χ3v) is 5.49. The average Bonchev–Trinajstić information content (AvgIpc) is 3.10. The quantitative estimate of drug-likeness (QED) is 0.328. The number of ether oxygens (including phenoxy) is 1. The van der Waals surface area contributed by atoms with Crippen molar-refractivity contribution in [3.63, 3.8) is 0 Å². The second kappa shape index (κ2) is 10.4. The summed E-state index contributed by atoms with van der Waals surface area (Å²) in [5.41, 5.74) is 2.25. The van der Waals surface area contributed by atoms with Crippen molar-refractivity contribution < 1.29 is 9.53 Å². The zero-order chi connectivity index (χ0) is 24.8. The van der Waals surface area contributed by atoms with Crippen LogP contribution in [0.5, 0.6) is 5.75 Å². The minimum atomic E-state index is -0.680. The number of carbonyl (C=O) groups excluding carboxylic acids is 1. The van der Waals surface area contributed by atoms with Crippen LogP contribution in [0.1, 0.15) is 16.8 Å². The number of anilines is 1. The predicted octanol–water partition coefficient (Wildman–Crippen LogP) is 4.00. The minimum Gasteiger partial charge on any atom is -0.488 e. The molecule has 0 atom stereocenters. The normalized spacial score (nSPS) is 11.1. The van der Waals surface area contributed by atoms with Crippen LogP contribution in [0.4, 0.5) is 5.69 Å². The predicted molar refractivity (Wildman–Crippen MR) is 133 cm³/mol. The van der Waals surface area contributed by atoms with Gasteiger partial charge in [-0.3, -0.25) is 19.3 Å². The molecule has 1 amide bonds. The van der Waals surface area contributed by atoms with Gasteiger partial charge in [0.15, 0.2) is 0 Å². The first-order valence-electron chi connectivity index (χ1n) is 10.9. The standard InChI is InChI=1S/C27H23N5O3/c1-19-25(27(34)32(31(19)2)23-11-4-3-5-12-23)30-26(33)22(16-28)15-21-10-6-7-13-24(21)35-18-20-9-8-14-29-17-20/h3-15,17H,18H2,1-2H3,(H,30,33)/b22-15+. The van der Waals surface area contributed by atoms with E-state index in [1.807, 2.05) is 36.4 Å². The maximum Gasteiger partial charge on any atom is 0.295 e. The number of nitrogens with one attached hydrogen (secondary N) is 1. The highest BCUT2D eigenvalue weighted by atomic mass is 16.5. The van der Waals surface area contributed by atoms with E-state index >= 15 is 0 Å². The molecule has 0 fully saturated rings. The lowest BCUT2D eigenvalue weighted by Crippen LogP contribution is -2.23. The Morgan fingerprint density at radius 2 is 1.86 bits per heavy atom. The van der Waals surface area contributed by atoms with Crippen LogP contribution in [0.15, 0.2) is 89.5 Å². The zero-order valence-corrected chi connectivity index (χ0v) is 19.3. The van der Waals surface area contributed by atoms with Gasteiger partial charge in [0.2, 0.25) is 0 Å². The van der Waals surface area contributed by atoms with Gasteiger partial charge in [-0.05, 0) is 37.3 Å². The fourth-order valence-electron chi connectivity index (χ4n) is 3.57. The van der Waals surface area contributed by atoms with E-state index in [4.69, 9.17) is 4.74 Å². The molecule has 0 aliphatic rings. The van der Waals surface area contributed by atoms with Crippen molar-refractivity contribution in [3.05, 3.63) is 112 Å². The Hall–Kier alpha value is -4.90. The van der Waals surface area contributed by atoms with Crippen LogP contribution in [0.2, 0.25) is 0 Å². The number of amides is 1. The third-order valence-electron chi connectivity index (χ3n) is 5.49. The smallest absolute Gasteiger partial charge is 0.295 e. The van der Waals surface area contributed by atoms with Gasteiger partial charge in [0.1, 0.15) is 29.7 Å².